The monoisotopic (exact) mass is 557 g/mol. The number of hydrogen-bond acceptors (Lipinski definition) is 8. The van der Waals surface area contributed by atoms with Gasteiger partial charge in [-0.25, -0.2) is 32.2 Å². The Hall–Kier alpha value is -3.79. The van der Waals surface area contributed by atoms with Gasteiger partial charge in [-0.1, -0.05) is 0 Å². The van der Waals surface area contributed by atoms with Crippen molar-refractivity contribution in [3.05, 3.63) is 60.2 Å². The molecule has 4 heterocycles. The number of carbonyl (C=O) groups excluding carboxylic acids is 1. The number of nitrogens with two attached hydrogens (primary N) is 1. The number of nitrogens with zero attached hydrogens (tertiary/aromatic N) is 5. The first kappa shape index (κ1) is 27.3. The highest BCUT2D eigenvalue weighted by molar-refractivity contribution is 7.89. The van der Waals surface area contributed by atoms with Crippen molar-refractivity contribution in [1.82, 2.24) is 29.6 Å². The maximum Gasteiger partial charge on any atom is 0.451 e. The van der Waals surface area contributed by atoms with Crippen LogP contribution < -0.4 is 11.1 Å². The molecule has 0 aliphatic carbocycles. The summed E-state index contributed by atoms with van der Waals surface area (Å²) in [6, 6.07) is 0.576. The summed E-state index contributed by atoms with van der Waals surface area (Å²) < 4.78 is 92.9. The van der Waals surface area contributed by atoms with Crippen LogP contribution in [0.3, 0.4) is 0 Å². The topological polar surface area (TPSA) is 144 Å². The van der Waals surface area contributed by atoms with Crippen LogP contribution in [0.1, 0.15) is 24.7 Å². The molecule has 1 fully saturated rings. The fraction of sp³-hybridized carbons (Fsp3) is 0.318. The molecule has 3 aromatic heterocycles. The lowest BCUT2D eigenvalue weighted by Gasteiger charge is -2.26. The Balaban J connectivity index is 1.53. The van der Waals surface area contributed by atoms with E-state index < -0.39 is 63.5 Å². The predicted molar refractivity (Wildman–Crippen MR) is 123 cm³/mol. The first-order chi connectivity index (χ1) is 17.8. The van der Waals surface area contributed by atoms with Gasteiger partial charge in [0, 0.05) is 30.9 Å². The van der Waals surface area contributed by atoms with E-state index in [1.54, 1.807) is 0 Å². The lowest BCUT2D eigenvalue weighted by molar-refractivity contribution is -0.145. The molecule has 0 spiro atoms. The number of pyridine rings is 2. The average Bonchev–Trinajstić information content (AvgIpc) is 3.18. The molecule has 3 aromatic rings. The molecule has 0 saturated carbocycles. The lowest BCUT2D eigenvalue weighted by atomic mass is 10.1. The van der Waals surface area contributed by atoms with E-state index in [0.29, 0.717) is 16.1 Å². The number of alkyl halides is 4. The Kier molecular flexibility index (Phi) is 7.29. The molecule has 202 valence electrons. The van der Waals surface area contributed by atoms with Crippen LogP contribution in [0.25, 0.3) is 11.3 Å². The number of amides is 1. The summed E-state index contributed by atoms with van der Waals surface area (Å²) >= 11 is 0. The number of aromatic nitrogens is 4. The highest BCUT2D eigenvalue weighted by Gasteiger charge is 2.49. The van der Waals surface area contributed by atoms with Crippen LogP contribution in [0.4, 0.5) is 27.6 Å². The number of carbonyl (C=O) groups is 1. The molecule has 1 amide bonds. The summed E-state index contributed by atoms with van der Waals surface area (Å²) in [5.41, 5.74) is 6.68. The second-order valence-corrected chi connectivity index (χ2v) is 10.2. The highest BCUT2D eigenvalue weighted by atomic mass is 32.2. The van der Waals surface area contributed by atoms with Crippen LogP contribution in [-0.2, 0) is 27.5 Å². The molecule has 1 aliphatic heterocycles. The molecule has 3 N–H and O–H groups in total. The van der Waals surface area contributed by atoms with Crippen molar-refractivity contribution < 1.29 is 35.2 Å². The van der Waals surface area contributed by atoms with Gasteiger partial charge in [0.25, 0.3) is 10.0 Å². The summed E-state index contributed by atoms with van der Waals surface area (Å²) in [6.45, 7) is 1.07. The molecule has 38 heavy (non-hydrogen) atoms. The predicted octanol–water partition coefficient (Wildman–Crippen LogP) is 2.48. The van der Waals surface area contributed by atoms with Gasteiger partial charge in [-0.05, 0) is 30.7 Å². The fourth-order valence-electron chi connectivity index (χ4n) is 3.91. The van der Waals surface area contributed by atoms with E-state index >= 15 is 0 Å². The van der Waals surface area contributed by atoms with Gasteiger partial charge >= 0.3 is 6.18 Å². The van der Waals surface area contributed by atoms with Gasteiger partial charge in [0.2, 0.25) is 11.7 Å². The Labute approximate surface area is 213 Å². The van der Waals surface area contributed by atoms with Gasteiger partial charge < -0.3 is 11.1 Å². The van der Waals surface area contributed by atoms with Gasteiger partial charge in [-0.15, -0.1) is 0 Å². The Morgan fingerprint density at radius 3 is 2.42 bits per heavy atom. The maximum atomic E-state index is 14.6. The van der Waals surface area contributed by atoms with Crippen molar-refractivity contribution in [2.75, 3.05) is 5.73 Å². The molecule has 0 unspecified atom stereocenters. The molecule has 0 radical (unpaired) electrons. The van der Waals surface area contributed by atoms with Gasteiger partial charge in [-0.2, -0.15) is 17.5 Å². The van der Waals surface area contributed by atoms with Crippen LogP contribution in [0, 0.1) is 5.82 Å². The molecular formula is C22H20F5N7O3S. The first-order valence-corrected chi connectivity index (χ1v) is 12.4. The number of halogens is 5. The number of nitrogen functional groups attached to an aromatic ring is 1. The number of hydrogen-bond donors (Lipinski definition) is 2. The summed E-state index contributed by atoms with van der Waals surface area (Å²) in [6.07, 6.45) is -3.00. The minimum absolute atomic E-state index is 0.130. The largest absolute Gasteiger partial charge is 0.451 e. The first-order valence-electron chi connectivity index (χ1n) is 11.0. The molecule has 3 atom stereocenters. The molecule has 10 nitrogen and oxygen atoms in total. The van der Waals surface area contributed by atoms with Crippen molar-refractivity contribution in [2.45, 2.75) is 49.3 Å². The van der Waals surface area contributed by atoms with Crippen molar-refractivity contribution >= 4 is 21.6 Å². The van der Waals surface area contributed by atoms with E-state index in [1.165, 1.54) is 19.2 Å². The minimum Gasteiger partial charge on any atom is -0.397 e. The third-order valence-corrected chi connectivity index (χ3v) is 7.82. The van der Waals surface area contributed by atoms with E-state index in [9.17, 15) is 35.2 Å². The highest BCUT2D eigenvalue weighted by Crippen LogP contribution is 2.33. The van der Waals surface area contributed by atoms with E-state index in [4.69, 9.17) is 5.73 Å². The third-order valence-electron chi connectivity index (χ3n) is 5.90. The minimum atomic E-state index is -4.72. The zero-order valence-corrected chi connectivity index (χ0v) is 20.3. The molecule has 1 saturated heterocycles. The molecule has 1 aliphatic rings. The molecule has 0 aromatic carbocycles. The average molecular weight is 558 g/mol. The van der Waals surface area contributed by atoms with E-state index in [1.807, 2.05) is 0 Å². The van der Waals surface area contributed by atoms with Crippen LogP contribution in [0.5, 0.6) is 0 Å². The van der Waals surface area contributed by atoms with E-state index in [0.717, 1.165) is 24.5 Å². The van der Waals surface area contributed by atoms with Crippen LogP contribution in [0.15, 0.2) is 48.0 Å². The summed E-state index contributed by atoms with van der Waals surface area (Å²) in [4.78, 5) is 27.2. The normalized spacial score (nSPS) is 20.4. The molecule has 4 rings (SSSR count). The van der Waals surface area contributed by atoms with E-state index in [2.05, 4.69) is 25.3 Å². The third kappa shape index (κ3) is 5.40. The lowest BCUT2D eigenvalue weighted by Crippen LogP contribution is -2.48. The number of anilines is 1. The van der Waals surface area contributed by atoms with Crippen LogP contribution in [-0.4, -0.2) is 56.8 Å². The SMILES string of the molecule is C[C@H]1[C@H](F)C[C@@H](C(=O)NCc2cc(-c3cnc(C(F)(F)F)nc3)ncc2N)N1S(=O)(=O)c1ccc(F)cn1. The summed E-state index contributed by atoms with van der Waals surface area (Å²) in [5, 5.41) is 1.97. The van der Waals surface area contributed by atoms with Gasteiger partial charge in [0.05, 0.1) is 29.8 Å². The summed E-state index contributed by atoms with van der Waals surface area (Å²) in [5.74, 6) is -2.91. The zero-order chi connectivity index (χ0) is 27.8. The number of nitrogens with one attached hydrogen (secondary N) is 1. The Bertz CT molecular complexity index is 1440. The van der Waals surface area contributed by atoms with Gasteiger partial charge in [-0.3, -0.25) is 9.78 Å². The van der Waals surface area contributed by atoms with Crippen LogP contribution in [0.2, 0.25) is 0 Å². The standard InChI is InChI=1S/C22H20F5N7O3S/c1-11-15(24)5-18(34(11)38(36,37)19-3-2-14(23)9-30-19)20(35)31-6-12-4-17(29-10-16(12)28)13-7-32-21(33-8-13)22(25,26)27/h2-4,7-11,15,18H,5-6,28H2,1H3,(H,31,35)/t11-,15+,18-/m0/s1. The molecule has 0 bridgehead atoms. The van der Waals surface area contributed by atoms with E-state index in [-0.39, 0.29) is 23.5 Å². The second kappa shape index (κ2) is 10.2. The molecule has 16 heteroatoms. The smallest absolute Gasteiger partial charge is 0.397 e. The zero-order valence-electron chi connectivity index (χ0n) is 19.5. The van der Waals surface area contributed by atoms with Gasteiger partial charge in [0.15, 0.2) is 5.03 Å². The van der Waals surface area contributed by atoms with Crippen LogP contribution >= 0.6 is 0 Å². The number of rotatable bonds is 6. The van der Waals surface area contributed by atoms with Crippen molar-refractivity contribution in [2.24, 2.45) is 0 Å². The Morgan fingerprint density at radius 2 is 1.82 bits per heavy atom. The van der Waals surface area contributed by atoms with Crippen molar-refractivity contribution in [3.63, 3.8) is 0 Å². The Morgan fingerprint density at radius 1 is 1.13 bits per heavy atom. The van der Waals surface area contributed by atoms with Crippen molar-refractivity contribution in [3.8, 4) is 11.3 Å². The molecular weight excluding hydrogens is 537 g/mol. The number of sulfonamides is 1. The second-order valence-electron chi connectivity index (χ2n) is 8.44. The quantitative estimate of drug-likeness (QED) is 0.440. The van der Waals surface area contributed by atoms with Crippen molar-refractivity contribution in [1.29, 1.82) is 0 Å². The van der Waals surface area contributed by atoms with Gasteiger partial charge in [0.1, 0.15) is 18.0 Å². The fourth-order valence-corrected chi connectivity index (χ4v) is 5.64. The summed E-state index contributed by atoms with van der Waals surface area (Å²) in [7, 11) is -4.45. The maximum absolute atomic E-state index is 14.6.